The number of hydrogen-bond acceptors (Lipinski definition) is 7. The van der Waals surface area contributed by atoms with E-state index in [9.17, 15) is 25.2 Å². The van der Waals surface area contributed by atoms with Crippen LogP contribution >= 0.6 is 0 Å². The van der Waals surface area contributed by atoms with Crippen molar-refractivity contribution in [1.29, 1.82) is 0 Å². The van der Waals surface area contributed by atoms with Crippen LogP contribution in [0.25, 0.3) is 0 Å². The van der Waals surface area contributed by atoms with E-state index in [1.54, 1.807) is 0 Å². The molecule has 1 fully saturated rings. The summed E-state index contributed by atoms with van der Waals surface area (Å²) in [5.74, 6) is -1.35. The summed E-state index contributed by atoms with van der Waals surface area (Å²) in [6.45, 7) is 2.21. The second kappa shape index (κ2) is 13.4. The van der Waals surface area contributed by atoms with Crippen molar-refractivity contribution < 1.29 is 34.7 Å². The molecular formula is C20H38O7. The number of carbonyl (C=O) groups is 1. The standard InChI is InChI=1S/C20H38O7/c1-3-4-5-6-7-8-9-10-11-12-13-14(19(24)26-2)18-16(22)15(21)17(23)20(25)27-18/h14-18,20-23,25H,3-13H2,1-2H3/t14?,15-,16-,17+,18+,20?/m0/s1. The molecule has 6 atom stereocenters. The Morgan fingerprint density at radius 3 is 1.89 bits per heavy atom. The van der Waals surface area contributed by atoms with Crippen LogP contribution in [0.15, 0.2) is 0 Å². The molecule has 1 aliphatic rings. The smallest absolute Gasteiger partial charge is 0.311 e. The van der Waals surface area contributed by atoms with E-state index in [1.807, 2.05) is 0 Å². The molecule has 0 bridgehead atoms. The van der Waals surface area contributed by atoms with Crippen LogP contribution in [0.5, 0.6) is 0 Å². The molecule has 0 aromatic rings. The Bertz CT molecular complexity index is 404. The highest BCUT2D eigenvalue weighted by Gasteiger charge is 2.48. The average molecular weight is 391 g/mol. The Labute approximate surface area is 162 Å². The molecule has 0 aliphatic carbocycles. The molecule has 1 aliphatic heterocycles. The van der Waals surface area contributed by atoms with Gasteiger partial charge < -0.3 is 29.9 Å². The van der Waals surface area contributed by atoms with Crippen LogP contribution in [-0.4, -0.2) is 64.2 Å². The van der Waals surface area contributed by atoms with Gasteiger partial charge in [-0.2, -0.15) is 0 Å². The van der Waals surface area contributed by atoms with Crippen molar-refractivity contribution in [2.45, 2.75) is 108 Å². The van der Waals surface area contributed by atoms with Gasteiger partial charge in [-0.05, 0) is 6.42 Å². The molecule has 1 heterocycles. The fraction of sp³-hybridized carbons (Fsp3) is 0.950. The first kappa shape index (κ1) is 24.3. The summed E-state index contributed by atoms with van der Waals surface area (Å²) in [5.41, 5.74) is 0. The second-order valence-electron chi connectivity index (χ2n) is 7.56. The van der Waals surface area contributed by atoms with Crippen molar-refractivity contribution in [3.05, 3.63) is 0 Å². The molecule has 1 rings (SSSR count). The Balaban J connectivity index is 2.36. The topological polar surface area (TPSA) is 116 Å². The highest BCUT2D eigenvalue weighted by atomic mass is 16.6. The zero-order valence-electron chi connectivity index (χ0n) is 16.8. The summed E-state index contributed by atoms with van der Waals surface area (Å²) in [6, 6.07) is 0. The molecule has 0 radical (unpaired) electrons. The summed E-state index contributed by atoms with van der Waals surface area (Å²) < 4.78 is 10.0. The van der Waals surface area contributed by atoms with Crippen LogP contribution in [0.1, 0.15) is 77.6 Å². The molecule has 0 aromatic carbocycles. The van der Waals surface area contributed by atoms with Crippen LogP contribution in [0.4, 0.5) is 0 Å². The number of carbonyl (C=O) groups excluding carboxylic acids is 1. The van der Waals surface area contributed by atoms with E-state index in [0.29, 0.717) is 6.42 Å². The third-order valence-corrected chi connectivity index (χ3v) is 5.39. The number of ether oxygens (including phenoxy) is 2. The average Bonchev–Trinajstić information content (AvgIpc) is 2.67. The lowest BCUT2D eigenvalue weighted by Crippen LogP contribution is -2.60. The molecule has 1 saturated heterocycles. The van der Waals surface area contributed by atoms with Crippen molar-refractivity contribution >= 4 is 5.97 Å². The first-order valence-corrected chi connectivity index (χ1v) is 10.4. The minimum absolute atomic E-state index is 0.431. The number of esters is 1. The maximum Gasteiger partial charge on any atom is 0.311 e. The van der Waals surface area contributed by atoms with Gasteiger partial charge in [0.05, 0.1) is 13.0 Å². The number of hydrogen-bond donors (Lipinski definition) is 4. The molecule has 0 saturated carbocycles. The van der Waals surface area contributed by atoms with E-state index in [-0.39, 0.29) is 0 Å². The van der Waals surface area contributed by atoms with Crippen LogP contribution in [-0.2, 0) is 14.3 Å². The molecule has 27 heavy (non-hydrogen) atoms. The highest BCUT2D eigenvalue weighted by molar-refractivity contribution is 5.73. The molecule has 2 unspecified atom stereocenters. The zero-order chi connectivity index (χ0) is 20.2. The van der Waals surface area contributed by atoms with Crippen molar-refractivity contribution in [2.24, 2.45) is 5.92 Å². The maximum absolute atomic E-state index is 12.1. The normalized spacial score (nSPS) is 29.5. The van der Waals surface area contributed by atoms with Gasteiger partial charge in [-0.25, -0.2) is 0 Å². The van der Waals surface area contributed by atoms with Crippen LogP contribution in [0.2, 0.25) is 0 Å². The molecule has 0 aromatic heterocycles. The lowest BCUT2D eigenvalue weighted by molar-refractivity contribution is -0.291. The lowest BCUT2D eigenvalue weighted by Gasteiger charge is -2.40. The summed E-state index contributed by atoms with van der Waals surface area (Å²) >= 11 is 0. The Morgan fingerprint density at radius 1 is 0.852 bits per heavy atom. The summed E-state index contributed by atoms with van der Waals surface area (Å²) in [4.78, 5) is 12.1. The summed E-state index contributed by atoms with van der Waals surface area (Å²) in [7, 11) is 1.25. The second-order valence-corrected chi connectivity index (χ2v) is 7.56. The van der Waals surface area contributed by atoms with Crippen LogP contribution < -0.4 is 0 Å². The molecule has 0 amide bonds. The molecule has 0 spiro atoms. The fourth-order valence-electron chi connectivity index (χ4n) is 3.64. The number of unbranched alkanes of at least 4 members (excludes halogenated alkanes) is 9. The van der Waals surface area contributed by atoms with Gasteiger partial charge in [-0.3, -0.25) is 4.79 Å². The van der Waals surface area contributed by atoms with Gasteiger partial charge in [0.15, 0.2) is 6.29 Å². The molecule has 4 N–H and O–H groups in total. The molecule has 7 nitrogen and oxygen atoms in total. The highest BCUT2D eigenvalue weighted by Crippen LogP contribution is 2.29. The summed E-state index contributed by atoms with van der Waals surface area (Å²) in [6.07, 6.45) is 4.68. The van der Waals surface area contributed by atoms with E-state index >= 15 is 0 Å². The van der Waals surface area contributed by atoms with Gasteiger partial charge in [-0.1, -0.05) is 71.1 Å². The molecular weight excluding hydrogens is 352 g/mol. The predicted molar refractivity (Wildman–Crippen MR) is 101 cm³/mol. The lowest BCUT2D eigenvalue weighted by atomic mass is 9.86. The number of aliphatic hydroxyl groups is 4. The monoisotopic (exact) mass is 390 g/mol. The van der Waals surface area contributed by atoms with Gasteiger partial charge in [0.2, 0.25) is 0 Å². The Morgan fingerprint density at radius 2 is 1.37 bits per heavy atom. The minimum atomic E-state index is -1.65. The van der Waals surface area contributed by atoms with Gasteiger partial charge in [0.1, 0.15) is 24.4 Å². The van der Waals surface area contributed by atoms with Crippen molar-refractivity contribution in [1.82, 2.24) is 0 Å². The minimum Gasteiger partial charge on any atom is -0.469 e. The predicted octanol–water partition coefficient (Wildman–Crippen LogP) is 1.89. The van der Waals surface area contributed by atoms with Gasteiger partial charge >= 0.3 is 5.97 Å². The zero-order valence-corrected chi connectivity index (χ0v) is 16.8. The van der Waals surface area contributed by atoms with E-state index in [4.69, 9.17) is 9.47 Å². The van der Waals surface area contributed by atoms with Crippen molar-refractivity contribution in [3.8, 4) is 0 Å². The van der Waals surface area contributed by atoms with Crippen molar-refractivity contribution in [2.75, 3.05) is 7.11 Å². The third kappa shape index (κ3) is 8.03. The molecule has 7 heteroatoms. The largest absolute Gasteiger partial charge is 0.469 e. The van der Waals surface area contributed by atoms with E-state index in [2.05, 4.69) is 6.92 Å². The van der Waals surface area contributed by atoms with Crippen LogP contribution in [0.3, 0.4) is 0 Å². The summed E-state index contributed by atoms with van der Waals surface area (Å²) in [5, 5.41) is 39.3. The maximum atomic E-state index is 12.1. The van der Waals surface area contributed by atoms with E-state index in [1.165, 1.54) is 52.1 Å². The van der Waals surface area contributed by atoms with Crippen LogP contribution in [0, 0.1) is 5.92 Å². The van der Waals surface area contributed by atoms with E-state index in [0.717, 1.165) is 19.3 Å². The van der Waals surface area contributed by atoms with E-state index < -0.39 is 42.6 Å². The van der Waals surface area contributed by atoms with Crippen molar-refractivity contribution in [3.63, 3.8) is 0 Å². The molecule has 160 valence electrons. The fourth-order valence-corrected chi connectivity index (χ4v) is 3.64. The first-order chi connectivity index (χ1) is 12.9. The SMILES string of the molecule is CCCCCCCCCCCCC(C(=O)OC)[C@H]1OC(O)[C@H](O)[C@@H](O)[C@@H]1O. The quantitative estimate of drug-likeness (QED) is 0.280. The van der Waals surface area contributed by atoms with Gasteiger partial charge in [-0.15, -0.1) is 0 Å². The number of methoxy groups -OCH3 is 1. The Hall–Kier alpha value is -0.730. The van der Waals surface area contributed by atoms with Gasteiger partial charge in [0.25, 0.3) is 0 Å². The first-order valence-electron chi connectivity index (χ1n) is 10.4. The third-order valence-electron chi connectivity index (χ3n) is 5.39. The number of rotatable bonds is 13. The Kier molecular flexibility index (Phi) is 12.1. The van der Waals surface area contributed by atoms with Gasteiger partial charge in [0, 0.05) is 0 Å². The number of aliphatic hydroxyl groups excluding tert-OH is 4.